The van der Waals surface area contributed by atoms with Gasteiger partial charge in [-0.2, -0.15) is 0 Å². The Balaban J connectivity index is 1.83. The number of aliphatic hydroxyl groups excluding tert-OH is 1. The fourth-order valence-electron chi connectivity index (χ4n) is 2.09. The van der Waals surface area contributed by atoms with Crippen molar-refractivity contribution in [1.29, 1.82) is 0 Å². The average molecular weight is 237 g/mol. The zero-order valence-corrected chi connectivity index (χ0v) is 10.1. The van der Waals surface area contributed by atoms with Crippen molar-refractivity contribution >= 4 is 0 Å². The van der Waals surface area contributed by atoms with Gasteiger partial charge in [0.2, 0.25) is 5.88 Å². The second kappa shape index (κ2) is 5.98. The summed E-state index contributed by atoms with van der Waals surface area (Å²) in [6.45, 7) is 0.866. The van der Waals surface area contributed by atoms with Gasteiger partial charge >= 0.3 is 0 Å². The highest BCUT2D eigenvalue weighted by Crippen LogP contribution is 2.24. The Morgan fingerprint density at radius 2 is 2.47 bits per heavy atom. The molecule has 1 fully saturated rings. The molecule has 1 N–H and O–H groups in total. The number of nitrogens with zero attached hydrogens (tertiary/aromatic N) is 1. The zero-order chi connectivity index (χ0) is 12.1. The first-order valence-corrected chi connectivity index (χ1v) is 6.09. The lowest BCUT2D eigenvalue weighted by atomic mass is 10.0. The highest BCUT2D eigenvalue weighted by Gasteiger charge is 2.17. The third-order valence-electron chi connectivity index (χ3n) is 3.14. The number of hydrogen-bond donors (Lipinski definition) is 1. The fourth-order valence-corrected chi connectivity index (χ4v) is 2.09. The maximum absolute atomic E-state index is 10.0. The molecule has 0 saturated carbocycles. The van der Waals surface area contributed by atoms with Gasteiger partial charge in [-0.25, -0.2) is 4.98 Å². The lowest BCUT2D eigenvalue weighted by molar-refractivity contribution is 0.0811. The van der Waals surface area contributed by atoms with Crippen LogP contribution >= 0.6 is 0 Å². The molecule has 0 spiro atoms. The molecule has 17 heavy (non-hydrogen) atoms. The van der Waals surface area contributed by atoms with Crippen molar-refractivity contribution in [3.63, 3.8) is 0 Å². The number of aromatic nitrogens is 1. The van der Waals surface area contributed by atoms with Crippen LogP contribution in [0, 0.1) is 0 Å². The van der Waals surface area contributed by atoms with Gasteiger partial charge in [0.15, 0.2) is 0 Å². The molecule has 4 nitrogen and oxygen atoms in total. The molecule has 0 bridgehead atoms. The predicted octanol–water partition coefficient (Wildman–Crippen LogP) is 2.08. The Morgan fingerprint density at radius 1 is 1.59 bits per heavy atom. The summed E-state index contributed by atoms with van der Waals surface area (Å²) in [5, 5.41) is 10.0. The minimum absolute atomic E-state index is 0.329. The minimum Gasteiger partial charge on any atom is -0.481 e. The van der Waals surface area contributed by atoms with E-state index >= 15 is 0 Å². The van der Waals surface area contributed by atoms with Gasteiger partial charge in [-0.1, -0.05) is 0 Å². The third-order valence-corrected chi connectivity index (χ3v) is 3.14. The van der Waals surface area contributed by atoms with E-state index in [2.05, 4.69) is 4.98 Å². The number of rotatable bonds is 5. The molecule has 2 unspecified atom stereocenters. The summed E-state index contributed by atoms with van der Waals surface area (Å²) in [6.07, 6.45) is 5.43. The van der Waals surface area contributed by atoms with Crippen LogP contribution in [0.25, 0.3) is 0 Å². The molecule has 0 aliphatic carbocycles. The summed E-state index contributed by atoms with van der Waals surface area (Å²) >= 11 is 0. The molecule has 2 atom stereocenters. The maximum atomic E-state index is 10.0. The highest BCUT2D eigenvalue weighted by atomic mass is 16.5. The van der Waals surface area contributed by atoms with Gasteiger partial charge in [0.05, 0.1) is 19.3 Å². The monoisotopic (exact) mass is 237 g/mol. The number of ether oxygens (including phenoxy) is 2. The Morgan fingerprint density at radius 3 is 3.06 bits per heavy atom. The maximum Gasteiger partial charge on any atom is 0.212 e. The third kappa shape index (κ3) is 3.41. The van der Waals surface area contributed by atoms with Crippen molar-refractivity contribution in [3.05, 3.63) is 23.9 Å². The van der Waals surface area contributed by atoms with Gasteiger partial charge in [0, 0.05) is 18.9 Å². The van der Waals surface area contributed by atoms with Crippen molar-refractivity contribution in [2.75, 3.05) is 13.7 Å². The van der Waals surface area contributed by atoms with E-state index in [1.54, 1.807) is 19.4 Å². The summed E-state index contributed by atoms with van der Waals surface area (Å²) < 4.78 is 10.5. The van der Waals surface area contributed by atoms with Crippen LogP contribution in [0.4, 0.5) is 0 Å². The van der Waals surface area contributed by atoms with Crippen LogP contribution in [0.15, 0.2) is 18.3 Å². The Labute approximate surface area is 102 Å². The van der Waals surface area contributed by atoms with Crippen LogP contribution in [0.2, 0.25) is 0 Å². The second-order valence-corrected chi connectivity index (χ2v) is 4.36. The minimum atomic E-state index is -0.461. The van der Waals surface area contributed by atoms with Gasteiger partial charge in [-0.15, -0.1) is 0 Å². The van der Waals surface area contributed by atoms with Gasteiger partial charge < -0.3 is 14.6 Å². The largest absolute Gasteiger partial charge is 0.481 e. The highest BCUT2D eigenvalue weighted by molar-refractivity contribution is 5.19. The standard InChI is InChI=1S/C13H19NO3/c1-16-13-7-4-10(9-14-13)12(15)6-5-11-3-2-8-17-11/h4,7,9,11-12,15H,2-3,5-6,8H2,1H3. The lowest BCUT2D eigenvalue weighted by Gasteiger charge is -2.14. The molecule has 1 aromatic rings. The van der Waals surface area contributed by atoms with E-state index in [9.17, 15) is 5.11 Å². The first-order chi connectivity index (χ1) is 8.29. The predicted molar refractivity (Wildman–Crippen MR) is 64.0 cm³/mol. The molecular formula is C13H19NO3. The molecule has 0 radical (unpaired) electrons. The molecule has 2 heterocycles. The Bertz CT molecular complexity index is 333. The van der Waals surface area contributed by atoms with E-state index in [0.717, 1.165) is 37.9 Å². The topological polar surface area (TPSA) is 51.6 Å². The summed E-state index contributed by atoms with van der Waals surface area (Å²) in [5.74, 6) is 0.570. The van der Waals surface area contributed by atoms with Gasteiger partial charge in [0.25, 0.3) is 0 Å². The molecule has 1 saturated heterocycles. The molecule has 1 aliphatic heterocycles. The van der Waals surface area contributed by atoms with Crippen LogP contribution in [0.3, 0.4) is 0 Å². The van der Waals surface area contributed by atoms with Crippen LogP contribution in [0.1, 0.15) is 37.4 Å². The van der Waals surface area contributed by atoms with E-state index in [1.807, 2.05) is 6.07 Å². The quantitative estimate of drug-likeness (QED) is 0.852. The summed E-state index contributed by atoms with van der Waals surface area (Å²) in [4.78, 5) is 4.08. The molecule has 0 amide bonds. The average Bonchev–Trinajstić information content (AvgIpc) is 2.89. The molecule has 2 rings (SSSR count). The van der Waals surface area contributed by atoms with Crippen molar-refractivity contribution < 1.29 is 14.6 Å². The second-order valence-electron chi connectivity index (χ2n) is 4.36. The summed E-state index contributed by atoms with van der Waals surface area (Å²) in [6, 6.07) is 3.62. The first kappa shape index (κ1) is 12.3. The van der Waals surface area contributed by atoms with Crippen LogP contribution in [-0.4, -0.2) is 29.9 Å². The first-order valence-electron chi connectivity index (χ1n) is 6.09. The number of methoxy groups -OCH3 is 1. The Kier molecular flexibility index (Phi) is 4.34. The van der Waals surface area contributed by atoms with E-state index in [0.29, 0.717) is 12.0 Å². The molecule has 94 valence electrons. The lowest BCUT2D eigenvalue weighted by Crippen LogP contribution is -2.08. The van der Waals surface area contributed by atoms with Gasteiger partial charge in [0.1, 0.15) is 0 Å². The van der Waals surface area contributed by atoms with Gasteiger partial charge in [-0.05, 0) is 37.3 Å². The number of hydrogen-bond acceptors (Lipinski definition) is 4. The normalized spacial score (nSPS) is 21.4. The van der Waals surface area contributed by atoms with Gasteiger partial charge in [-0.3, -0.25) is 0 Å². The van der Waals surface area contributed by atoms with Crippen molar-refractivity contribution in [2.24, 2.45) is 0 Å². The smallest absolute Gasteiger partial charge is 0.212 e. The molecule has 1 aromatic heterocycles. The zero-order valence-electron chi connectivity index (χ0n) is 10.1. The number of pyridine rings is 1. The van der Waals surface area contributed by atoms with Crippen molar-refractivity contribution in [2.45, 2.75) is 37.9 Å². The summed E-state index contributed by atoms with van der Waals surface area (Å²) in [5.41, 5.74) is 0.837. The molecular weight excluding hydrogens is 218 g/mol. The van der Waals surface area contributed by atoms with E-state index in [4.69, 9.17) is 9.47 Å². The van der Waals surface area contributed by atoms with Crippen LogP contribution in [0.5, 0.6) is 5.88 Å². The number of aliphatic hydroxyl groups is 1. The van der Waals surface area contributed by atoms with E-state index < -0.39 is 6.10 Å². The van der Waals surface area contributed by atoms with Crippen LogP contribution < -0.4 is 4.74 Å². The van der Waals surface area contributed by atoms with Crippen LogP contribution in [-0.2, 0) is 4.74 Å². The van der Waals surface area contributed by atoms with E-state index in [-0.39, 0.29) is 0 Å². The Hall–Kier alpha value is -1.13. The summed E-state index contributed by atoms with van der Waals surface area (Å²) in [7, 11) is 1.58. The molecule has 4 heteroatoms. The molecule has 1 aliphatic rings. The SMILES string of the molecule is COc1ccc(C(O)CCC2CCCO2)cn1. The van der Waals surface area contributed by atoms with Crippen molar-refractivity contribution in [3.8, 4) is 5.88 Å². The van der Waals surface area contributed by atoms with Crippen molar-refractivity contribution in [1.82, 2.24) is 4.98 Å². The fraction of sp³-hybridized carbons (Fsp3) is 0.615. The molecule has 0 aromatic carbocycles. The van der Waals surface area contributed by atoms with E-state index in [1.165, 1.54) is 0 Å².